The van der Waals surface area contributed by atoms with Crippen molar-refractivity contribution in [3.8, 4) is 0 Å². The third kappa shape index (κ3) is 2.79. The molecule has 2 heterocycles. The van der Waals surface area contributed by atoms with Crippen molar-refractivity contribution in [3.63, 3.8) is 0 Å². The van der Waals surface area contributed by atoms with Gasteiger partial charge in [0, 0.05) is 12.1 Å². The van der Waals surface area contributed by atoms with E-state index in [2.05, 4.69) is 16.9 Å². The molecule has 0 aliphatic carbocycles. The number of nitrogens with two attached hydrogens (primary N) is 1. The fourth-order valence-corrected chi connectivity index (χ4v) is 2.97. The Morgan fingerprint density at radius 1 is 1.43 bits per heavy atom. The third-order valence-electron chi connectivity index (χ3n) is 4.01. The van der Waals surface area contributed by atoms with E-state index in [4.69, 9.17) is 5.73 Å². The minimum absolute atomic E-state index is 0.188. The summed E-state index contributed by atoms with van der Waals surface area (Å²) in [6.45, 7) is 2.69. The van der Waals surface area contributed by atoms with Crippen LogP contribution < -0.4 is 10.6 Å². The SMILES string of the molecule is CC1CC(c2ccccc2F)N(c2ncc([N+](=O)[O-])c(N)n2)C1. The second-order valence-electron chi connectivity index (χ2n) is 5.73. The van der Waals surface area contributed by atoms with E-state index >= 15 is 0 Å². The Balaban J connectivity index is 1.99. The van der Waals surface area contributed by atoms with Crippen LogP contribution in [0.15, 0.2) is 30.5 Å². The van der Waals surface area contributed by atoms with Crippen molar-refractivity contribution in [2.45, 2.75) is 19.4 Å². The van der Waals surface area contributed by atoms with Gasteiger partial charge in [0.1, 0.15) is 12.0 Å². The van der Waals surface area contributed by atoms with E-state index in [9.17, 15) is 14.5 Å². The van der Waals surface area contributed by atoms with Crippen LogP contribution in [-0.4, -0.2) is 21.4 Å². The van der Waals surface area contributed by atoms with Gasteiger partial charge in [0.25, 0.3) is 0 Å². The minimum atomic E-state index is -0.625. The van der Waals surface area contributed by atoms with Gasteiger partial charge in [-0.25, -0.2) is 9.37 Å². The lowest BCUT2D eigenvalue weighted by molar-refractivity contribution is -0.384. The Bertz CT molecular complexity index is 754. The smallest absolute Gasteiger partial charge is 0.329 e. The van der Waals surface area contributed by atoms with Crippen LogP contribution in [0.1, 0.15) is 24.9 Å². The lowest BCUT2D eigenvalue weighted by Gasteiger charge is -2.25. The number of anilines is 2. The summed E-state index contributed by atoms with van der Waals surface area (Å²) in [6, 6.07) is 6.36. The summed E-state index contributed by atoms with van der Waals surface area (Å²) in [4.78, 5) is 20.1. The molecule has 7 nitrogen and oxygen atoms in total. The molecule has 1 fully saturated rings. The van der Waals surface area contributed by atoms with Crippen LogP contribution in [0, 0.1) is 21.8 Å². The van der Waals surface area contributed by atoms with Crippen LogP contribution in [0.4, 0.5) is 21.8 Å². The van der Waals surface area contributed by atoms with E-state index in [1.165, 1.54) is 6.07 Å². The molecular weight excluding hydrogens is 301 g/mol. The zero-order chi connectivity index (χ0) is 16.6. The fourth-order valence-electron chi connectivity index (χ4n) is 2.97. The molecule has 2 aromatic rings. The predicted molar refractivity (Wildman–Crippen MR) is 83.4 cm³/mol. The number of nitrogens with zero attached hydrogens (tertiary/aromatic N) is 4. The first-order valence-electron chi connectivity index (χ1n) is 7.25. The highest BCUT2D eigenvalue weighted by atomic mass is 19.1. The summed E-state index contributed by atoms with van der Waals surface area (Å²) in [5, 5.41) is 10.8. The molecule has 2 N–H and O–H groups in total. The Kier molecular flexibility index (Phi) is 3.81. The van der Waals surface area contributed by atoms with Crippen LogP contribution in [0.5, 0.6) is 0 Å². The zero-order valence-corrected chi connectivity index (χ0v) is 12.5. The van der Waals surface area contributed by atoms with Crippen molar-refractivity contribution < 1.29 is 9.31 Å². The monoisotopic (exact) mass is 317 g/mol. The molecule has 1 aliphatic rings. The van der Waals surface area contributed by atoms with E-state index in [-0.39, 0.29) is 29.3 Å². The molecule has 0 bridgehead atoms. The first kappa shape index (κ1) is 15.1. The number of aromatic nitrogens is 2. The van der Waals surface area contributed by atoms with Gasteiger partial charge in [0.05, 0.1) is 11.0 Å². The number of nitro groups is 1. The maximum absolute atomic E-state index is 14.1. The van der Waals surface area contributed by atoms with Crippen LogP contribution in [-0.2, 0) is 0 Å². The zero-order valence-electron chi connectivity index (χ0n) is 12.5. The number of halogens is 1. The maximum Gasteiger partial charge on any atom is 0.329 e. The molecule has 1 aromatic heterocycles. The molecule has 0 spiro atoms. The summed E-state index contributed by atoms with van der Waals surface area (Å²) >= 11 is 0. The van der Waals surface area contributed by atoms with Crippen molar-refractivity contribution >= 4 is 17.5 Å². The molecule has 23 heavy (non-hydrogen) atoms. The van der Waals surface area contributed by atoms with Gasteiger partial charge in [-0.1, -0.05) is 25.1 Å². The number of nitrogen functional groups attached to an aromatic ring is 1. The van der Waals surface area contributed by atoms with E-state index < -0.39 is 4.92 Å². The highest BCUT2D eigenvalue weighted by Crippen LogP contribution is 2.38. The van der Waals surface area contributed by atoms with Crippen molar-refractivity contribution in [3.05, 3.63) is 52.0 Å². The molecule has 120 valence electrons. The molecule has 1 aliphatic heterocycles. The number of hydrogen-bond acceptors (Lipinski definition) is 6. The molecule has 0 amide bonds. The van der Waals surface area contributed by atoms with Crippen molar-refractivity contribution in [2.24, 2.45) is 5.92 Å². The van der Waals surface area contributed by atoms with Gasteiger partial charge in [0.2, 0.25) is 11.8 Å². The van der Waals surface area contributed by atoms with Crippen LogP contribution >= 0.6 is 0 Å². The first-order chi connectivity index (χ1) is 11.0. The number of rotatable bonds is 3. The van der Waals surface area contributed by atoms with Gasteiger partial charge in [-0.05, 0) is 18.4 Å². The first-order valence-corrected chi connectivity index (χ1v) is 7.25. The number of hydrogen-bond donors (Lipinski definition) is 1. The normalized spacial score (nSPS) is 20.7. The lowest BCUT2D eigenvalue weighted by atomic mass is 10.0. The van der Waals surface area contributed by atoms with E-state index in [0.717, 1.165) is 12.6 Å². The lowest BCUT2D eigenvalue weighted by Crippen LogP contribution is -2.26. The molecular formula is C15H16FN5O2. The molecule has 8 heteroatoms. The minimum Gasteiger partial charge on any atom is -0.378 e. The molecule has 1 saturated heterocycles. The molecule has 0 radical (unpaired) electrons. The van der Waals surface area contributed by atoms with Crippen molar-refractivity contribution in [1.82, 2.24) is 9.97 Å². The number of benzene rings is 1. The Morgan fingerprint density at radius 3 is 2.83 bits per heavy atom. The topological polar surface area (TPSA) is 98.2 Å². The maximum atomic E-state index is 14.1. The van der Waals surface area contributed by atoms with Gasteiger partial charge in [-0.2, -0.15) is 4.98 Å². The second kappa shape index (κ2) is 5.79. The Hall–Kier alpha value is -2.77. The van der Waals surface area contributed by atoms with Crippen LogP contribution in [0.2, 0.25) is 0 Å². The fraction of sp³-hybridized carbons (Fsp3) is 0.333. The standard InChI is InChI=1S/C15H16FN5O2/c1-9-6-12(10-4-2-3-5-11(10)16)20(8-9)15-18-7-13(21(22)23)14(17)19-15/h2-5,7,9,12H,6,8H2,1H3,(H2,17,18,19). The van der Waals surface area contributed by atoms with Crippen LogP contribution in [0.3, 0.4) is 0 Å². The summed E-state index contributed by atoms with van der Waals surface area (Å²) in [6.07, 6.45) is 1.85. The van der Waals surface area contributed by atoms with E-state index in [0.29, 0.717) is 18.0 Å². The third-order valence-corrected chi connectivity index (χ3v) is 4.01. The van der Waals surface area contributed by atoms with Gasteiger partial charge in [-0.15, -0.1) is 0 Å². The quantitative estimate of drug-likeness (QED) is 0.690. The Morgan fingerprint density at radius 2 is 2.17 bits per heavy atom. The average molecular weight is 317 g/mol. The molecule has 3 rings (SSSR count). The van der Waals surface area contributed by atoms with Gasteiger partial charge < -0.3 is 10.6 Å². The average Bonchev–Trinajstić information content (AvgIpc) is 2.89. The Labute approximate surface area is 132 Å². The summed E-state index contributed by atoms with van der Waals surface area (Å²) < 4.78 is 14.1. The molecule has 0 saturated carbocycles. The van der Waals surface area contributed by atoms with Crippen molar-refractivity contribution in [1.29, 1.82) is 0 Å². The molecule has 2 unspecified atom stereocenters. The van der Waals surface area contributed by atoms with E-state index in [1.807, 2.05) is 4.90 Å². The predicted octanol–water partition coefficient (Wildman–Crippen LogP) is 2.69. The summed E-state index contributed by atoms with van der Waals surface area (Å²) in [5.74, 6) is 0.128. The molecule has 1 aromatic carbocycles. The van der Waals surface area contributed by atoms with Crippen molar-refractivity contribution in [2.75, 3.05) is 17.2 Å². The van der Waals surface area contributed by atoms with Crippen LogP contribution in [0.25, 0.3) is 0 Å². The molecule has 2 atom stereocenters. The second-order valence-corrected chi connectivity index (χ2v) is 5.73. The largest absolute Gasteiger partial charge is 0.378 e. The van der Waals surface area contributed by atoms with Gasteiger partial charge >= 0.3 is 5.69 Å². The highest BCUT2D eigenvalue weighted by molar-refractivity contribution is 5.54. The van der Waals surface area contributed by atoms with Gasteiger partial charge in [0.15, 0.2) is 0 Å². The summed E-state index contributed by atoms with van der Waals surface area (Å²) in [7, 11) is 0. The van der Waals surface area contributed by atoms with E-state index in [1.54, 1.807) is 18.2 Å². The summed E-state index contributed by atoms with van der Waals surface area (Å²) in [5.41, 5.74) is 5.88. The van der Waals surface area contributed by atoms with Gasteiger partial charge in [-0.3, -0.25) is 10.1 Å². The highest BCUT2D eigenvalue weighted by Gasteiger charge is 2.34.